The summed E-state index contributed by atoms with van der Waals surface area (Å²) in [5, 5.41) is 11.1. The number of alkyl halides is 3. The van der Waals surface area contributed by atoms with Gasteiger partial charge in [-0.3, -0.25) is 4.90 Å². The van der Waals surface area contributed by atoms with Gasteiger partial charge in [-0.1, -0.05) is 5.16 Å². The van der Waals surface area contributed by atoms with Crippen LogP contribution in [0, 0.1) is 12.8 Å². The molecule has 2 saturated heterocycles. The van der Waals surface area contributed by atoms with Crippen LogP contribution < -0.4 is 0 Å². The molecule has 2 aliphatic heterocycles. The van der Waals surface area contributed by atoms with Crippen LogP contribution in [-0.4, -0.2) is 64.6 Å². The molecule has 3 heterocycles. The number of rotatable bonds is 2. The average molecular weight is 351 g/mol. The molecule has 136 valence electrons. The number of ether oxygens (including phenoxy) is 1. The van der Waals surface area contributed by atoms with E-state index in [4.69, 9.17) is 19.2 Å². The Morgan fingerprint density at radius 1 is 1.46 bits per heavy atom. The van der Waals surface area contributed by atoms with Crippen LogP contribution in [0.1, 0.15) is 25.6 Å². The first-order chi connectivity index (χ1) is 11.1. The summed E-state index contributed by atoms with van der Waals surface area (Å²) in [6.07, 6.45) is -5.08. The molecule has 2 atom stereocenters. The number of aryl methyl sites for hydroxylation is 1. The molecular formula is C14H20F3N3O4. The number of hydrogen-bond acceptors (Lipinski definition) is 6. The number of aromatic nitrogens is 2. The van der Waals surface area contributed by atoms with Crippen LogP contribution in [0.4, 0.5) is 13.2 Å². The normalized spacial score (nSPS) is 27.0. The molecule has 0 bridgehead atoms. The Kier molecular flexibility index (Phi) is 5.19. The lowest BCUT2D eigenvalue weighted by Crippen LogP contribution is -2.37. The van der Waals surface area contributed by atoms with Gasteiger partial charge in [-0.2, -0.15) is 18.2 Å². The molecule has 0 spiro atoms. The van der Waals surface area contributed by atoms with E-state index in [2.05, 4.69) is 28.9 Å². The summed E-state index contributed by atoms with van der Waals surface area (Å²) in [4.78, 5) is 15.8. The Bertz CT molecular complexity index is 590. The molecule has 0 radical (unpaired) electrons. The number of fused-ring (bicyclic) bond motifs is 1. The lowest BCUT2D eigenvalue weighted by Gasteiger charge is -2.24. The second-order valence-electron chi connectivity index (χ2n) is 6.34. The van der Waals surface area contributed by atoms with Crippen molar-refractivity contribution in [3.8, 4) is 0 Å². The fourth-order valence-electron chi connectivity index (χ4n) is 2.97. The van der Waals surface area contributed by atoms with E-state index in [0.29, 0.717) is 24.4 Å². The number of carbonyl (C=O) groups is 1. The van der Waals surface area contributed by atoms with E-state index in [1.807, 2.05) is 6.92 Å². The SMILES string of the molecule is Cc1noc([C@]23COC[C@H]2CN(C(C)C)C3)n1.O=C(O)C(F)(F)F. The maximum Gasteiger partial charge on any atom is 0.490 e. The van der Waals surface area contributed by atoms with E-state index in [9.17, 15) is 13.2 Å². The van der Waals surface area contributed by atoms with Crippen LogP contribution in [0.5, 0.6) is 0 Å². The first-order valence-electron chi connectivity index (χ1n) is 7.49. The van der Waals surface area contributed by atoms with Crippen LogP contribution in [-0.2, 0) is 14.9 Å². The highest BCUT2D eigenvalue weighted by Crippen LogP contribution is 2.43. The van der Waals surface area contributed by atoms with E-state index in [-0.39, 0.29) is 5.41 Å². The molecule has 0 amide bonds. The molecule has 2 aliphatic rings. The smallest absolute Gasteiger partial charge is 0.475 e. The molecule has 1 N–H and O–H groups in total. The minimum Gasteiger partial charge on any atom is -0.475 e. The van der Waals surface area contributed by atoms with Gasteiger partial charge in [0, 0.05) is 25.0 Å². The predicted molar refractivity (Wildman–Crippen MR) is 75.4 cm³/mol. The fourth-order valence-corrected chi connectivity index (χ4v) is 2.97. The predicted octanol–water partition coefficient (Wildman–Crippen LogP) is 1.62. The van der Waals surface area contributed by atoms with Crippen LogP contribution in [0.3, 0.4) is 0 Å². The molecule has 0 aliphatic carbocycles. The van der Waals surface area contributed by atoms with Gasteiger partial charge in [-0.25, -0.2) is 4.79 Å². The fraction of sp³-hybridized carbons (Fsp3) is 0.786. The van der Waals surface area contributed by atoms with Gasteiger partial charge in [0.25, 0.3) is 0 Å². The van der Waals surface area contributed by atoms with Crippen molar-refractivity contribution in [1.29, 1.82) is 0 Å². The van der Waals surface area contributed by atoms with Crippen LogP contribution in [0.2, 0.25) is 0 Å². The number of halogens is 3. The van der Waals surface area contributed by atoms with Gasteiger partial charge in [0.2, 0.25) is 5.89 Å². The van der Waals surface area contributed by atoms with Crippen molar-refractivity contribution in [2.45, 2.75) is 38.4 Å². The van der Waals surface area contributed by atoms with E-state index in [1.165, 1.54) is 0 Å². The van der Waals surface area contributed by atoms with Crippen molar-refractivity contribution in [1.82, 2.24) is 15.0 Å². The summed E-state index contributed by atoms with van der Waals surface area (Å²) < 4.78 is 42.8. The molecule has 7 nitrogen and oxygen atoms in total. The number of likely N-dealkylation sites (tertiary alicyclic amines) is 1. The van der Waals surface area contributed by atoms with Crippen molar-refractivity contribution >= 4 is 5.97 Å². The monoisotopic (exact) mass is 351 g/mol. The Morgan fingerprint density at radius 3 is 2.54 bits per heavy atom. The van der Waals surface area contributed by atoms with E-state index in [0.717, 1.165) is 25.6 Å². The summed E-state index contributed by atoms with van der Waals surface area (Å²) in [6, 6.07) is 0.557. The Hall–Kier alpha value is -1.68. The summed E-state index contributed by atoms with van der Waals surface area (Å²) in [7, 11) is 0. The molecule has 1 aromatic heterocycles. The zero-order valence-corrected chi connectivity index (χ0v) is 13.6. The third-order valence-corrected chi connectivity index (χ3v) is 4.33. The van der Waals surface area contributed by atoms with Crippen LogP contribution >= 0.6 is 0 Å². The molecule has 0 saturated carbocycles. The highest BCUT2D eigenvalue weighted by molar-refractivity contribution is 5.73. The van der Waals surface area contributed by atoms with Crippen molar-refractivity contribution in [2.24, 2.45) is 5.92 Å². The second-order valence-corrected chi connectivity index (χ2v) is 6.34. The summed E-state index contributed by atoms with van der Waals surface area (Å²) >= 11 is 0. The van der Waals surface area contributed by atoms with Crippen molar-refractivity contribution < 1.29 is 32.3 Å². The minimum absolute atomic E-state index is 0.0640. The molecule has 2 fully saturated rings. The number of carboxylic acid groups (broad SMARTS) is 1. The lowest BCUT2D eigenvalue weighted by molar-refractivity contribution is -0.192. The first kappa shape index (κ1) is 18.7. The summed E-state index contributed by atoms with van der Waals surface area (Å²) in [6.45, 7) is 9.89. The van der Waals surface area contributed by atoms with Crippen molar-refractivity contribution in [3.05, 3.63) is 11.7 Å². The highest BCUT2D eigenvalue weighted by atomic mass is 19.4. The largest absolute Gasteiger partial charge is 0.490 e. The van der Waals surface area contributed by atoms with Crippen molar-refractivity contribution in [3.63, 3.8) is 0 Å². The molecule has 1 aromatic rings. The quantitative estimate of drug-likeness (QED) is 0.866. The lowest BCUT2D eigenvalue weighted by atomic mass is 9.81. The molecule has 24 heavy (non-hydrogen) atoms. The molecule has 0 aromatic carbocycles. The van der Waals surface area contributed by atoms with Gasteiger partial charge >= 0.3 is 12.1 Å². The van der Waals surface area contributed by atoms with Crippen LogP contribution in [0.15, 0.2) is 4.52 Å². The van der Waals surface area contributed by atoms with Gasteiger partial charge in [-0.05, 0) is 20.8 Å². The summed E-state index contributed by atoms with van der Waals surface area (Å²) in [5.41, 5.74) is -0.0640. The Balaban J connectivity index is 0.000000256. The molecule has 10 heteroatoms. The Labute approximate surface area is 136 Å². The first-order valence-corrected chi connectivity index (χ1v) is 7.49. The molecular weight excluding hydrogens is 331 g/mol. The highest BCUT2D eigenvalue weighted by Gasteiger charge is 2.55. The molecule has 3 rings (SSSR count). The van der Waals surface area contributed by atoms with E-state index >= 15 is 0 Å². The maximum absolute atomic E-state index is 10.6. The standard InChI is InChI=1S/C12H19N3O2.C2HF3O2/c1-8(2)15-4-10-5-16-7-12(10,6-15)11-13-9(3)14-17-11;3-2(4,5)1(6)7/h8,10H,4-7H2,1-3H3;(H,6,7)/t10-,12-;/m1./s1. The third kappa shape index (κ3) is 3.69. The van der Waals surface area contributed by atoms with E-state index < -0.39 is 12.1 Å². The number of carboxylic acids is 1. The average Bonchev–Trinajstić information content (AvgIpc) is 3.10. The van der Waals surface area contributed by atoms with Gasteiger partial charge in [-0.15, -0.1) is 0 Å². The van der Waals surface area contributed by atoms with Crippen molar-refractivity contribution in [2.75, 3.05) is 26.3 Å². The maximum atomic E-state index is 10.6. The minimum atomic E-state index is -5.08. The zero-order valence-electron chi connectivity index (χ0n) is 13.6. The number of aliphatic carboxylic acids is 1. The van der Waals surface area contributed by atoms with Gasteiger partial charge in [0.1, 0.15) is 0 Å². The van der Waals surface area contributed by atoms with Crippen LogP contribution in [0.25, 0.3) is 0 Å². The van der Waals surface area contributed by atoms with Gasteiger partial charge in [0.15, 0.2) is 5.82 Å². The van der Waals surface area contributed by atoms with Gasteiger partial charge < -0.3 is 14.4 Å². The topological polar surface area (TPSA) is 88.7 Å². The van der Waals surface area contributed by atoms with Gasteiger partial charge in [0.05, 0.1) is 18.6 Å². The zero-order chi connectivity index (χ0) is 18.1. The van der Waals surface area contributed by atoms with E-state index in [1.54, 1.807) is 0 Å². The Morgan fingerprint density at radius 2 is 2.08 bits per heavy atom. The summed E-state index contributed by atoms with van der Waals surface area (Å²) in [5.74, 6) is -0.791. The second kappa shape index (κ2) is 6.67. The molecule has 0 unspecified atom stereocenters. The number of hydrogen-bond donors (Lipinski definition) is 1. The number of nitrogens with zero attached hydrogens (tertiary/aromatic N) is 3. The third-order valence-electron chi connectivity index (χ3n) is 4.33.